The van der Waals surface area contributed by atoms with Gasteiger partial charge in [0, 0.05) is 0 Å². The number of esters is 3. The Hall–Kier alpha value is -3.57. The highest BCUT2D eigenvalue weighted by atomic mass is 32.2. The summed E-state index contributed by atoms with van der Waals surface area (Å²) in [6, 6.07) is 12.4. The van der Waals surface area contributed by atoms with Gasteiger partial charge >= 0.3 is 17.9 Å². The van der Waals surface area contributed by atoms with E-state index in [1.54, 1.807) is 43.3 Å². The van der Waals surface area contributed by atoms with Gasteiger partial charge in [-0.3, -0.25) is 14.4 Å². The van der Waals surface area contributed by atoms with E-state index < -0.39 is 11.9 Å². The average molecular weight is 855 g/mol. The van der Waals surface area contributed by atoms with Gasteiger partial charge in [-0.05, 0) is 144 Å². The lowest BCUT2D eigenvalue weighted by molar-refractivity contribution is -0.141. The van der Waals surface area contributed by atoms with Crippen LogP contribution in [0.5, 0.6) is 11.5 Å². The highest BCUT2D eigenvalue weighted by molar-refractivity contribution is 8.25. The molecule has 4 saturated carbocycles. The number of benzene rings is 2. The van der Waals surface area contributed by atoms with E-state index >= 15 is 0 Å². The molecule has 60 heavy (non-hydrogen) atoms. The van der Waals surface area contributed by atoms with Crippen molar-refractivity contribution in [1.82, 2.24) is 0 Å². The third-order valence-electron chi connectivity index (χ3n) is 14.8. The van der Waals surface area contributed by atoms with Gasteiger partial charge in [-0.15, -0.1) is 0 Å². The third kappa shape index (κ3) is 9.42. The van der Waals surface area contributed by atoms with Crippen LogP contribution >= 0.6 is 23.5 Å². The van der Waals surface area contributed by atoms with Crippen molar-refractivity contribution < 1.29 is 33.4 Å². The second-order valence-electron chi connectivity index (χ2n) is 18.2. The van der Waals surface area contributed by atoms with E-state index in [2.05, 4.69) is 18.9 Å². The molecule has 2 aromatic rings. The van der Waals surface area contributed by atoms with E-state index in [9.17, 15) is 19.2 Å². The molecule has 322 valence electrons. The van der Waals surface area contributed by atoms with Gasteiger partial charge in [0.1, 0.15) is 11.5 Å². The topological polar surface area (TPSA) is 112 Å². The lowest BCUT2D eigenvalue weighted by Gasteiger charge is -2.37. The average Bonchev–Trinajstić information content (AvgIpc) is 3.89. The Balaban J connectivity index is 1.01. The van der Waals surface area contributed by atoms with Crippen molar-refractivity contribution in [2.45, 2.75) is 146 Å². The number of hydrogen-bond acceptors (Lipinski definition) is 10. The lowest BCUT2D eigenvalue weighted by atomic mass is 9.69. The molecule has 4 aliphatic carbocycles. The number of thioether (sulfide) groups is 2. The number of para-hydroxylation sites is 1. The maximum Gasteiger partial charge on any atom is 0.359 e. The van der Waals surface area contributed by atoms with Crippen LogP contribution in [0.1, 0.15) is 136 Å². The molecule has 2 aromatic carbocycles. The smallest absolute Gasteiger partial charge is 0.359 e. The number of hydrazone groups is 1. The molecule has 0 saturated heterocycles. The Bertz CT molecular complexity index is 1860. The van der Waals surface area contributed by atoms with E-state index in [1.165, 1.54) is 92.7 Å². The number of hydrogen-bond donors (Lipinski definition) is 0. The van der Waals surface area contributed by atoms with Gasteiger partial charge in [-0.2, -0.15) is 10.1 Å². The van der Waals surface area contributed by atoms with Crippen molar-refractivity contribution in [3.8, 4) is 11.5 Å². The molecule has 2 aliphatic heterocycles. The van der Waals surface area contributed by atoms with E-state index in [0.29, 0.717) is 43.1 Å². The van der Waals surface area contributed by atoms with Crippen molar-refractivity contribution >= 4 is 58.7 Å². The lowest BCUT2D eigenvalue weighted by Crippen LogP contribution is -2.30. The summed E-state index contributed by atoms with van der Waals surface area (Å²) in [5.41, 5.74) is 0.530. The van der Waals surface area contributed by atoms with Crippen LogP contribution in [0, 0.1) is 47.3 Å². The fraction of sp³-hybridized carbons (Fsp3) is 0.612. The summed E-state index contributed by atoms with van der Waals surface area (Å²) in [6.07, 6.45) is 20.6. The van der Waals surface area contributed by atoms with Gasteiger partial charge in [0.2, 0.25) is 0 Å². The number of carbonyl (C=O) groups excluding carboxylic acids is 4. The first-order chi connectivity index (χ1) is 29.2. The molecular weight excluding hydrogens is 793 g/mol. The van der Waals surface area contributed by atoms with E-state index in [4.69, 9.17) is 14.2 Å². The number of fused-ring (bicyclic) bond motifs is 1. The van der Waals surface area contributed by atoms with Gasteiger partial charge < -0.3 is 14.2 Å². The normalized spacial score (nSPS) is 29.5. The van der Waals surface area contributed by atoms with Crippen LogP contribution < -0.4 is 14.5 Å². The second-order valence-corrected chi connectivity index (χ2v) is 20.5. The first-order valence-corrected chi connectivity index (χ1v) is 24.7. The molecule has 0 radical (unpaired) electrons. The molecule has 0 aromatic heterocycles. The minimum Gasteiger partial charge on any atom is -0.461 e. The highest BCUT2D eigenvalue weighted by Crippen LogP contribution is 2.60. The van der Waals surface area contributed by atoms with Crippen LogP contribution in [0.2, 0.25) is 0 Å². The van der Waals surface area contributed by atoms with Crippen molar-refractivity contribution in [2.75, 3.05) is 11.6 Å². The predicted octanol–water partition coefficient (Wildman–Crippen LogP) is 11.9. The third-order valence-corrected chi connectivity index (χ3v) is 17.5. The van der Waals surface area contributed by atoms with Crippen LogP contribution in [0.15, 0.2) is 67.2 Å². The first-order valence-electron chi connectivity index (χ1n) is 23.1. The Morgan fingerprint density at radius 1 is 0.617 bits per heavy atom. The number of nitrogens with zero attached hydrogens (tertiary/aromatic N) is 2. The van der Waals surface area contributed by atoms with Crippen molar-refractivity contribution in [1.29, 1.82) is 0 Å². The molecule has 6 aliphatic rings. The summed E-state index contributed by atoms with van der Waals surface area (Å²) in [7, 11) is 0. The molecule has 8 rings (SSSR count). The van der Waals surface area contributed by atoms with Crippen LogP contribution in [0.4, 0.5) is 5.69 Å². The van der Waals surface area contributed by atoms with Crippen LogP contribution in [0.25, 0.3) is 0 Å². The molecule has 0 bridgehead atoms. The molecule has 0 unspecified atom stereocenters. The Morgan fingerprint density at radius 3 is 1.47 bits per heavy atom. The zero-order chi connectivity index (χ0) is 41.8. The molecule has 1 amide bonds. The summed E-state index contributed by atoms with van der Waals surface area (Å²) in [6.45, 7) is 6.43. The van der Waals surface area contributed by atoms with Gasteiger partial charge in [0.05, 0.1) is 43.7 Å². The fourth-order valence-electron chi connectivity index (χ4n) is 11.0. The summed E-state index contributed by atoms with van der Waals surface area (Å²) in [5, 5.41) is 5.70. The number of carbonyl (C=O) groups is 4. The number of amides is 1. The Labute approximate surface area is 364 Å². The summed E-state index contributed by atoms with van der Waals surface area (Å²) < 4.78 is 18.4. The van der Waals surface area contributed by atoms with E-state index in [1.807, 2.05) is 6.07 Å². The zero-order valence-corrected chi connectivity index (χ0v) is 37.3. The van der Waals surface area contributed by atoms with Crippen molar-refractivity contribution in [3.63, 3.8) is 0 Å². The molecule has 4 fully saturated rings. The molecule has 0 spiro atoms. The first kappa shape index (κ1) is 43.1. The minimum atomic E-state index is -0.703. The van der Waals surface area contributed by atoms with Crippen LogP contribution in [0.3, 0.4) is 0 Å². The number of anilines is 1. The quantitative estimate of drug-likeness (QED) is 0.124. The van der Waals surface area contributed by atoms with Crippen LogP contribution in [-0.4, -0.2) is 36.1 Å². The van der Waals surface area contributed by atoms with Gasteiger partial charge in [0.25, 0.3) is 5.91 Å². The fourth-order valence-corrected chi connectivity index (χ4v) is 13.7. The maximum atomic E-state index is 14.2. The Kier molecular flexibility index (Phi) is 14.1. The molecule has 0 atom stereocenters. The largest absolute Gasteiger partial charge is 0.461 e. The van der Waals surface area contributed by atoms with E-state index in [-0.39, 0.29) is 41.7 Å². The molecule has 11 heteroatoms. The molecular formula is C49H62N2O7S2. The Morgan fingerprint density at radius 2 is 1.05 bits per heavy atom. The van der Waals surface area contributed by atoms with Gasteiger partial charge in [0.15, 0.2) is 5.71 Å². The molecule has 0 N–H and O–H groups in total. The van der Waals surface area contributed by atoms with Crippen molar-refractivity contribution in [3.05, 3.63) is 52.3 Å². The van der Waals surface area contributed by atoms with Crippen LogP contribution in [-0.2, 0) is 23.9 Å². The van der Waals surface area contributed by atoms with E-state index in [0.717, 1.165) is 75.0 Å². The standard InChI is InChI=1S/C49H62N2O7S2/c1-4-30-12-16-32(17-13-30)34-20-24-36(25-21-34)46(53)57-39-28-29-40(58-47(54)37-26-22-35(23-27-37)33-18-14-31(5-2)15-19-33)44-43(39)59-49(60-44)41-42(48(55)56-6-3)50-51(45(41)52)38-10-8-7-9-11-38/h7-11,28-37H,4-6,12-27H2,1-3H3. The zero-order valence-electron chi connectivity index (χ0n) is 35.7. The summed E-state index contributed by atoms with van der Waals surface area (Å²) >= 11 is 2.49. The second kappa shape index (κ2) is 19.6. The number of ether oxygens (including phenoxy) is 3. The van der Waals surface area contributed by atoms with Gasteiger partial charge in [-0.25, -0.2) is 4.79 Å². The van der Waals surface area contributed by atoms with Gasteiger partial charge in [-0.1, -0.05) is 94.1 Å². The highest BCUT2D eigenvalue weighted by Gasteiger charge is 2.43. The number of rotatable bonds is 11. The monoisotopic (exact) mass is 854 g/mol. The minimum absolute atomic E-state index is 0.0921. The summed E-state index contributed by atoms with van der Waals surface area (Å²) in [4.78, 5) is 56.5. The van der Waals surface area contributed by atoms with Crippen molar-refractivity contribution in [2.24, 2.45) is 52.4 Å². The predicted molar refractivity (Wildman–Crippen MR) is 237 cm³/mol. The maximum absolute atomic E-state index is 14.2. The molecule has 2 heterocycles. The SMILES string of the molecule is CCOC(=O)C1=NN(c2ccccc2)C(=O)C1=C1Sc2c(OC(=O)C3CCC(C4CCC(CC)CC4)CC3)ccc(OC(=O)C3CCC(C4CCC(CC)CC4)CC3)c2S1. The summed E-state index contributed by atoms with van der Waals surface area (Å²) in [5.74, 6) is 3.31. The molecule has 9 nitrogen and oxygen atoms in total.